The van der Waals surface area contributed by atoms with Gasteiger partial charge in [0.25, 0.3) is 0 Å². The fraction of sp³-hybridized carbons (Fsp3) is 0.929. The van der Waals surface area contributed by atoms with Gasteiger partial charge in [-0.15, -0.1) is 0 Å². The van der Waals surface area contributed by atoms with Gasteiger partial charge in [-0.3, -0.25) is 4.79 Å². The molecule has 0 atom stereocenters. The van der Waals surface area contributed by atoms with Gasteiger partial charge < -0.3 is 15.8 Å². The molecule has 0 saturated carbocycles. The number of carbonyl (C=O) groups excluding carboxylic acids is 1. The van der Waals surface area contributed by atoms with Gasteiger partial charge in [-0.2, -0.15) is 0 Å². The van der Waals surface area contributed by atoms with Crippen LogP contribution in [0.2, 0.25) is 0 Å². The van der Waals surface area contributed by atoms with Gasteiger partial charge in [-0.1, -0.05) is 12.8 Å². The molecule has 0 aliphatic rings. The van der Waals surface area contributed by atoms with E-state index in [0.717, 1.165) is 58.2 Å². The Morgan fingerprint density at radius 1 is 1.11 bits per heavy atom. The summed E-state index contributed by atoms with van der Waals surface area (Å²) in [5.41, 5.74) is 5.41. The van der Waals surface area contributed by atoms with E-state index in [1.165, 1.54) is 0 Å². The summed E-state index contributed by atoms with van der Waals surface area (Å²) in [5, 5.41) is 2.94. The molecule has 108 valence electrons. The molecule has 4 nitrogen and oxygen atoms in total. The zero-order chi connectivity index (χ0) is 13.6. The van der Waals surface area contributed by atoms with E-state index in [1.807, 2.05) is 13.8 Å². The van der Waals surface area contributed by atoms with Crippen molar-refractivity contribution >= 4 is 5.91 Å². The smallest absolute Gasteiger partial charge is 0.219 e. The first-order chi connectivity index (χ1) is 8.66. The third kappa shape index (κ3) is 13.5. The van der Waals surface area contributed by atoms with Crippen LogP contribution in [0.5, 0.6) is 0 Å². The Balaban J connectivity index is 3.17. The molecule has 1 amide bonds. The predicted molar refractivity (Wildman–Crippen MR) is 75.5 cm³/mol. The maximum Gasteiger partial charge on any atom is 0.219 e. The number of unbranched alkanes of at least 4 members (excludes halogenated alkanes) is 4. The summed E-state index contributed by atoms with van der Waals surface area (Å²) in [6.45, 7) is 6.37. The van der Waals surface area contributed by atoms with Gasteiger partial charge >= 0.3 is 0 Å². The number of hydrogen-bond acceptors (Lipinski definition) is 3. The van der Waals surface area contributed by atoms with E-state index in [-0.39, 0.29) is 5.91 Å². The van der Waals surface area contributed by atoms with E-state index >= 15 is 0 Å². The number of rotatable bonds is 12. The van der Waals surface area contributed by atoms with E-state index in [2.05, 4.69) is 5.32 Å². The Kier molecular flexibility index (Phi) is 12.4. The zero-order valence-corrected chi connectivity index (χ0v) is 12.0. The molecule has 0 unspecified atom stereocenters. The van der Waals surface area contributed by atoms with Crippen molar-refractivity contribution in [2.75, 3.05) is 19.7 Å². The van der Waals surface area contributed by atoms with Gasteiger partial charge in [0.2, 0.25) is 5.91 Å². The van der Waals surface area contributed by atoms with Crippen LogP contribution in [0.3, 0.4) is 0 Å². The van der Waals surface area contributed by atoms with Crippen LogP contribution in [-0.4, -0.2) is 31.7 Å². The second-order valence-electron chi connectivity index (χ2n) is 4.93. The van der Waals surface area contributed by atoms with Crippen LogP contribution in [0.15, 0.2) is 0 Å². The van der Waals surface area contributed by atoms with Crippen molar-refractivity contribution in [1.29, 1.82) is 0 Å². The first-order valence-corrected chi connectivity index (χ1v) is 7.25. The highest BCUT2D eigenvalue weighted by molar-refractivity contribution is 5.75. The fourth-order valence-electron chi connectivity index (χ4n) is 1.65. The molecule has 0 rings (SSSR count). The molecule has 0 fully saturated rings. The summed E-state index contributed by atoms with van der Waals surface area (Å²) in [6, 6.07) is 0. The maximum atomic E-state index is 11.4. The maximum absolute atomic E-state index is 11.4. The lowest BCUT2D eigenvalue weighted by atomic mass is 10.1. The molecule has 3 N–H and O–H groups in total. The molecule has 0 aromatic heterocycles. The highest BCUT2D eigenvalue weighted by Crippen LogP contribution is 2.02. The Morgan fingerprint density at radius 3 is 2.50 bits per heavy atom. The van der Waals surface area contributed by atoms with Crippen LogP contribution in [0.1, 0.15) is 58.8 Å². The minimum Gasteiger partial charge on any atom is -0.379 e. The third-order valence-corrected chi connectivity index (χ3v) is 2.70. The summed E-state index contributed by atoms with van der Waals surface area (Å²) in [5.74, 6) is 0.174. The summed E-state index contributed by atoms with van der Waals surface area (Å²) >= 11 is 0. The molecule has 0 spiro atoms. The van der Waals surface area contributed by atoms with Gasteiger partial charge in [0, 0.05) is 19.6 Å². The highest BCUT2D eigenvalue weighted by atomic mass is 16.5. The van der Waals surface area contributed by atoms with E-state index in [1.54, 1.807) is 0 Å². The summed E-state index contributed by atoms with van der Waals surface area (Å²) in [4.78, 5) is 11.4. The summed E-state index contributed by atoms with van der Waals surface area (Å²) < 4.78 is 5.43. The first-order valence-electron chi connectivity index (χ1n) is 7.25. The molecule has 4 heteroatoms. The van der Waals surface area contributed by atoms with Gasteiger partial charge in [0.1, 0.15) is 0 Å². The van der Waals surface area contributed by atoms with Crippen LogP contribution >= 0.6 is 0 Å². The van der Waals surface area contributed by atoms with E-state index < -0.39 is 0 Å². The van der Waals surface area contributed by atoms with Gasteiger partial charge in [-0.25, -0.2) is 0 Å². The number of nitrogens with two attached hydrogens (primary N) is 1. The molecule has 0 aromatic rings. The molecule has 0 saturated heterocycles. The van der Waals surface area contributed by atoms with Crippen molar-refractivity contribution in [3.05, 3.63) is 0 Å². The lowest BCUT2D eigenvalue weighted by Gasteiger charge is -2.08. The van der Waals surface area contributed by atoms with Gasteiger partial charge in [-0.05, 0) is 46.1 Å². The largest absolute Gasteiger partial charge is 0.379 e. The van der Waals surface area contributed by atoms with Crippen LogP contribution in [0, 0.1) is 0 Å². The van der Waals surface area contributed by atoms with E-state index in [9.17, 15) is 4.79 Å². The van der Waals surface area contributed by atoms with Crippen LogP contribution in [0.25, 0.3) is 0 Å². The fourth-order valence-corrected chi connectivity index (χ4v) is 1.65. The monoisotopic (exact) mass is 258 g/mol. The summed E-state index contributed by atoms with van der Waals surface area (Å²) in [6.07, 6.45) is 7.23. The number of amides is 1. The molecule has 0 aromatic carbocycles. The zero-order valence-electron chi connectivity index (χ0n) is 12.0. The molecule has 0 aliphatic carbocycles. The predicted octanol–water partition coefficient (Wildman–Crippen LogP) is 2.22. The summed E-state index contributed by atoms with van der Waals surface area (Å²) in [7, 11) is 0. The normalized spacial score (nSPS) is 10.9. The van der Waals surface area contributed by atoms with Crippen molar-refractivity contribution in [3.63, 3.8) is 0 Å². The Hall–Kier alpha value is -0.610. The Labute approximate surface area is 112 Å². The number of ether oxygens (including phenoxy) is 1. The Bertz CT molecular complexity index is 196. The molecular formula is C14H30N2O2. The van der Waals surface area contributed by atoms with Crippen molar-refractivity contribution in [2.24, 2.45) is 5.73 Å². The first kappa shape index (κ1) is 17.4. The second kappa shape index (κ2) is 12.8. The molecule has 18 heavy (non-hydrogen) atoms. The molecule has 0 bridgehead atoms. The topological polar surface area (TPSA) is 64.3 Å². The number of nitrogens with one attached hydrogen (secondary N) is 1. The van der Waals surface area contributed by atoms with E-state index in [4.69, 9.17) is 10.5 Å². The van der Waals surface area contributed by atoms with Crippen molar-refractivity contribution in [1.82, 2.24) is 5.32 Å². The van der Waals surface area contributed by atoms with Crippen molar-refractivity contribution in [2.45, 2.75) is 64.9 Å². The van der Waals surface area contributed by atoms with Crippen LogP contribution in [0.4, 0.5) is 0 Å². The van der Waals surface area contributed by atoms with Gasteiger partial charge in [0.05, 0.1) is 6.10 Å². The average Bonchev–Trinajstić information content (AvgIpc) is 2.33. The third-order valence-electron chi connectivity index (χ3n) is 2.70. The quantitative estimate of drug-likeness (QED) is 0.528. The average molecular weight is 258 g/mol. The highest BCUT2D eigenvalue weighted by Gasteiger charge is 2.00. The minimum atomic E-state index is 0.174. The SMILES string of the molecule is CC(C)OCCCCNC(=O)CCCCCCN. The lowest BCUT2D eigenvalue weighted by molar-refractivity contribution is -0.121. The van der Waals surface area contributed by atoms with Crippen LogP contribution in [-0.2, 0) is 9.53 Å². The van der Waals surface area contributed by atoms with Crippen molar-refractivity contribution < 1.29 is 9.53 Å². The molecule has 0 aliphatic heterocycles. The van der Waals surface area contributed by atoms with Gasteiger partial charge in [0.15, 0.2) is 0 Å². The lowest BCUT2D eigenvalue weighted by Crippen LogP contribution is -2.24. The number of hydrogen-bond donors (Lipinski definition) is 2. The molecule has 0 heterocycles. The van der Waals surface area contributed by atoms with E-state index in [0.29, 0.717) is 12.5 Å². The Morgan fingerprint density at radius 2 is 1.83 bits per heavy atom. The van der Waals surface area contributed by atoms with Crippen molar-refractivity contribution in [3.8, 4) is 0 Å². The minimum absolute atomic E-state index is 0.174. The molecule has 0 radical (unpaired) electrons. The standard InChI is InChI=1S/C14H30N2O2/c1-13(2)18-12-8-7-11-16-14(17)9-5-3-4-6-10-15/h13H,3-12,15H2,1-2H3,(H,16,17). The second-order valence-corrected chi connectivity index (χ2v) is 4.93. The molecular weight excluding hydrogens is 228 g/mol. The number of carbonyl (C=O) groups is 1. The van der Waals surface area contributed by atoms with Crippen LogP contribution < -0.4 is 11.1 Å².